The minimum absolute atomic E-state index is 0.0107. The van der Waals surface area contributed by atoms with Gasteiger partial charge in [-0.2, -0.15) is 22.0 Å². The molecule has 138 valence electrons. The van der Waals surface area contributed by atoms with Crippen LogP contribution in [0.5, 0.6) is 5.75 Å². The molecule has 2 atom stereocenters. The van der Waals surface area contributed by atoms with Crippen molar-refractivity contribution in [2.75, 3.05) is 0 Å². The summed E-state index contributed by atoms with van der Waals surface area (Å²) in [5, 5.41) is 2.37. The molecule has 0 spiro atoms. The SMILES string of the molecule is O=C(/C=C/c1ccccc1OC(F)F)NC1CCCCC1C(F)(F)F. The Morgan fingerprint density at radius 3 is 2.56 bits per heavy atom. The monoisotopic (exact) mass is 363 g/mol. The predicted octanol–water partition coefficient (Wildman–Crippen LogP) is 4.54. The van der Waals surface area contributed by atoms with Gasteiger partial charge in [0.1, 0.15) is 5.75 Å². The highest BCUT2D eigenvalue weighted by Crippen LogP contribution is 2.37. The van der Waals surface area contributed by atoms with Crippen LogP contribution in [0.4, 0.5) is 22.0 Å². The number of carbonyl (C=O) groups excluding carboxylic acids is 1. The first-order valence-corrected chi connectivity index (χ1v) is 7.86. The van der Waals surface area contributed by atoms with Crippen molar-refractivity contribution in [1.82, 2.24) is 5.32 Å². The van der Waals surface area contributed by atoms with Crippen LogP contribution in [0.1, 0.15) is 31.2 Å². The molecule has 0 saturated heterocycles. The summed E-state index contributed by atoms with van der Waals surface area (Å²) in [7, 11) is 0. The van der Waals surface area contributed by atoms with Crippen molar-refractivity contribution in [1.29, 1.82) is 0 Å². The Balaban J connectivity index is 2.03. The highest BCUT2D eigenvalue weighted by Gasteiger charge is 2.45. The molecule has 1 fully saturated rings. The molecule has 0 aromatic heterocycles. The van der Waals surface area contributed by atoms with E-state index in [0.29, 0.717) is 12.8 Å². The molecule has 0 bridgehead atoms. The van der Waals surface area contributed by atoms with Gasteiger partial charge in [0.05, 0.1) is 5.92 Å². The first kappa shape index (κ1) is 19.2. The second kappa shape index (κ2) is 8.31. The maximum absolute atomic E-state index is 13.0. The van der Waals surface area contributed by atoms with E-state index >= 15 is 0 Å². The van der Waals surface area contributed by atoms with E-state index in [0.717, 1.165) is 6.08 Å². The molecule has 1 aliphatic carbocycles. The average Bonchev–Trinajstić information content (AvgIpc) is 2.53. The quantitative estimate of drug-likeness (QED) is 0.616. The smallest absolute Gasteiger partial charge is 0.393 e. The summed E-state index contributed by atoms with van der Waals surface area (Å²) in [4.78, 5) is 11.9. The molecule has 1 saturated carbocycles. The number of benzene rings is 1. The molecule has 1 aliphatic rings. The molecule has 0 heterocycles. The van der Waals surface area contributed by atoms with Crippen LogP contribution in [0.3, 0.4) is 0 Å². The fourth-order valence-corrected chi connectivity index (χ4v) is 2.91. The van der Waals surface area contributed by atoms with Crippen molar-refractivity contribution in [3.8, 4) is 5.75 Å². The van der Waals surface area contributed by atoms with Gasteiger partial charge in [0, 0.05) is 17.7 Å². The Morgan fingerprint density at radius 1 is 1.20 bits per heavy atom. The maximum atomic E-state index is 13.0. The van der Waals surface area contributed by atoms with E-state index in [-0.39, 0.29) is 24.2 Å². The van der Waals surface area contributed by atoms with Crippen LogP contribution < -0.4 is 10.1 Å². The van der Waals surface area contributed by atoms with Gasteiger partial charge in [-0.25, -0.2) is 0 Å². The summed E-state index contributed by atoms with van der Waals surface area (Å²) in [6, 6.07) is 4.85. The third kappa shape index (κ3) is 5.72. The summed E-state index contributed by atoms with van der Waals surface area (Å²) in [5.41, 5.74) is 0.231. The lowest BCUT2D eigenvalue weighted by molar-refractivity contribution is -0.188. The number of rotatable bonds is 5. The van der Waals surface area contributed by atoms with Crippen molar-refractivity contribution in [2.45, 2.75) is 44.5 Å². The van der Waals surface area contributed by atoms with E-state index < -0.39 is 30.7 Å². The van der Waals surface area contributed by atoms with Crippen molar-refractivity contribution in [3.05, 3.63) is 35.9 Å². The summed E-state index contributed by atoms with van der Waals surface area (Å²) in [5.74, 6) is -2.38. The van der Waals surface area contributed by atoms with Crippen LogP contribution in [0, 0.1) is 5.92 Å². The lowest BCUT2D eigenvalue weighted by atomic mass is 9.84. The molecule has 1 aromatic carbocycles. The summed E-state index contributed by atoms with van der Waals surface area (Å²) >= 11 is 0. The van der Waals surface area contributed by atoms with Gasteiger partial charge >= 0.3 is 12.8 Å². The molecule has 0 radical (unpaired) electrons. The van der Waals surface area contributed by atoms with Gasteiger partial charge in [-0.05, 0) is 25.0 Å². The van der Waals surface area contributed by atoms with Crippen LogP contribution in [0.25, 0.3) is 6.08 Å². The zero-order valence-electron chi connectivity index (χ0n) is 13.2. The molecular formula is C17H18F5NO2. The normalized spacial score (nSPS) is 21.5. The second-order valence-corrected chi connectivity index (χ2v) is 5.80. The van der Waals surface area contributed by atoms with E-state index in [1.165, 1.54) is 24.3 Å². The zero-order chi connectivity index (χ0) is 18.4. The number of alkyl halides is 5. The molecule has 3 nitrogen and oxygen atoms in total. The number of nitrogens with one attached hydrogen (secondary N) is 1. The number of halogens is 5. The Morgan fingerprint density at radius 2 is 1.88 bits per heavy atom. The van der Waals surface area contributed by atoms with Crippen molar-refractivity contribution in [3.63, 3.8) is 0 Å². The van der Waals surface area contributed by atoms with Crippen LogP contribution >= 0.6 is 0 Å². The van der Waals surface area contributed by atoms with Crippen molar-refractivity contribution >= 4 is 12.0 Å². The molecule has 1 amide bonds. The first-order valence-electron chi connectivity index (χ1n) is 7.86. The van der Waals surface area contributed by atoms with E-state index in [1.807, 2.05) is 0 Å². The third-order valence-corrected chi connectivity index (χ3v) is 4.06. The molecule has 25 heavy (non-hydrogen) atoms. The lowest BCUT2D eigenvalue weighted by Crippen LogP contribution is -2.47. The number of amides is 1. The van der Waals surface area contributed by atoms with Gasteiger partial charge in [-0.15, -0.1) is 0 Å². The lowest BCUT2D eigenvalue weighted by Gasteiger charge is -2.33. The molecular weight excluding hydrogens is 345 g/mol. The van der Waals surface area contributed by atoms with E-state index in [2.05, 4.69) is 10.1 Å². The zero-order valence-corrected chi connectivity index (χ0v) is 13.2. The largest absolute Gasteiger partial charge is 0.434 e. The molecule has 0 aliphatic heterocycles. The van der Waals surface area contributed by atoms with Crippen LogP contribution in [-0.4, -0.2) is 24.7 Å². The van der Waals surface area contributed by atoms with E-state index in [4.69, 9.17) is 0 Å². The minimum Gasteiger partial charge on any atom is -0.434 e. The molecule has 2 rings (SSSR count). The summed E-state index contributed by atoms with van der Waals surface area (Å²) in [6.07, 6.45) is -0.761. The minimum atomic E-state index is -4.36. The number of hydrogen-bond donors (Lipinski definition) is 1. The standard InChI is InChI=1S/C17H18F5NO2/c18-16(19)25-14-8-4-1-5-11(14)9-10-15(24)23-13-7-3-2-6-12(13)17(20,21)22/h1,4-5,8-10,12-13,16H,2-3,6-7H2,(H,23,24)/b10-9+. The second-order valence-electron chi connectivity index (χ2n) is 5.80. The van der Waals surface area contributed by atoms with E-state index in [9.17, 15) is 26.7 Å². The number of hydrogen-bond acceptors (Lipinski definition) is 2. The molecule has 1 aromatic rings. The fourth-order valence-electron chi connectivity index (χ4n) is 2.91. The van der Waals surface area contributed by atoms with Crippen LogP contribution in [0.15, 0.2) is 30.3 Å². The van der Waals surface area contributed by atoms with Gasteiger partial charge in [0.2, 0.25) is 5.91 Å². The highest BCUT2D eigenvalue weighted by atomic mass is 19.4. The number of ether oxygens (including phenoxy) is 1. The van der Waals surface area contributed by atoms with Crippen LogP contribution in [0.2, 0.25) is 0 Å². The third-order valence-electron chi connectivity index (χ3n) is 4.06. The van der Waals surface area contributed by atoms with Gasteiger partial charge in [-0.3, -0.25) is 4.79 Å². The first-order chi connectivity index (χ1) is 11.8. The summed E-state index contributed by atoms with van der Waals surface area (Å²) < 4.78 is 68.0. The Kier molecular flexibility index (Phi) is 6.39. The van der Waals surface area contributed by atoms with Crippen molar-refractivity contribution in [2.24, 2.45) is 5.92 Å². The highest BCUT2D eigenvalue weighted by molar-refractivity contribution is 5.92. The molecule has 1 N–H and O–H groups in total. The fraction of sp³-hybridized carbons (Fsp3) is 0.471. The Bertz CT molecular complexity index is 615. The van der Waals surface area contributed by atoms with Gasteiger partial charge in [0.15, 0.2) is 0 Å². The van der Waals surface area contributed by atoms with Gasteiger partial charge in [0.25, 0.3) is 0 Å². The summed E-state index contributed by atoms with van der Waals surface area (Å²) in [6.45, 7) is -3.02. The van der Waals surface area contributed by atoms with Gasteiger partial charge < -0.3 is 10.1 Å². The topological polar surface area (TPSA) is 38.3 Å². The predicted molar refractivity (Wildman–Crippen MR) is 82.1 cm³/mol. The maximum Gasteiger partial charge on any atom is 0.393 e. The van der Waals surface area contributed by atoms with Gasteiger partial charge in [-0.1, -0.05) is 31.0 Å². The van der Waals surface area contributed by atoms with Crippen molar-refractivity contribution < 1.29 is 31.5 Å². The number of carbonyl (C=O) groups is 1. The molecule has 8 heteroatoms. The Labute approximate surface area is 141 Å². The molecule has 2 unspecified atom stereocenters. The Hall–Kier alpha value is -2.12. The van der Waals surface area contributed by atoms with Crippen LogP contribution in [-0.2, 0) is 4.79 Å². The van der Waals surface area contributed by atoms with E-state index in [1.54, 1.807) is 6.07 Å². The number of para-hydroxylation sites is 1. The average molecular weight is 363 g/mol.